The quantitative estimate of drug-likeness (QED) is 0.277. The summed E-state index contributed by atoms with van der Waals surface area (Å²) in [4.78, 5) is 23.5. The number of nitrogens with zero attached hydrogens (tertiary/aromatic N) is 4. The van der Waals surface area contributed by atoms with Gasteiger partial charge in [0, 0.05) is 25.2 Å². The number of hydrogen-bond acceptors (Lipinski definition) is 9. The third-order valence-electron chi connectivity index (χ3n) is 9.18. The molecule has 2 saturated heterocycles. The highest BCUT2D eigenvalue weighted by molar-refractivity contribution is 7.93. The Balaban J connectivity index is 1.12. The Kier molecular flexibility index (Phi) is 7.41. The van der Waals surface area contributed by atoms with Gasteiger partial charge in [0.05, 0.1) is 40.8 Å². The summed E-state index contributed by atoms with van der Waals surface area (Å²) in [5.74, 6) is 0.731. The smallest absolute Gasteiger partial charge is 0.335 e. The lowest BCUT2D eigenvalue weighted by Gasteiger charge is -2.33. The number of imidazole rings is 1. The molecule has 45 heavy (non-hydrogen) atoms. The molecule has 0 aliphatic carbocycles. The summed E-state index contributed by atoms with van der Waals surface area (Å²) in [6.07, 6.45) is 3.90. The lowest BCUT2D eigenvalue weighted by molar-refractivity contribution is -0.0722. The number of rotatable bonds is 8. The summed E-state index contributed by atoms with van der Waals surface area (Å²) in [6, 6.07) is 12.6. The van der Waals surface area contributed by atoms with E-state index < -0.39 is 26.8 Å². The number of carboxylic acids is 1. The summed E-state index contributed by atoms with van der Waals surface area (Å²) in [6.45, 7) is 4.14. The SMILES string of the molecule is COc1cc(C(=O)O)cc2c1nc(CN1CCC(c3cccc4c3O[C@@](C)(c3ccc(Cl)cn3)O4)CC1)n2C[C@@H]1CCS1(=O)=O. The van der Waals surface area contributed by atoms with Gasteiger partial charge in [-0.1, -0.05) is 23.7 Å². The molecular formula is C32H33ClN4O7S. The van der Waals surface area contributed by atoms with E-state index in [2.05, 4.69) is 16.0 Å². The number of benzene rings is 2. The summed E-state index contributed by atoms with van der Waals surface area (Å²) in [7, 11) is -1.70. The van der Waals surface area contributed by atoms with Gasteiger partial charge in [-0.3, -0.25) is 9.88 Å². The monoisotopic (exact) mass is 652 g/mol. The van der Waals surface area contributed by atoms with Crippen molar-refractivity contribution in [1.29, 1.82) is 0 Å². The molecule has 3 aliphatic heterocycles. The molecule has 0 radical (unpaired) electrons. The second kappa shape index (κ2) is 11.2. The van der Waals surface area contributed by atoms with Crippen molar-refractivity contribution in [2.75, 3.05) is 26.0 Å². The van der Waals surface area contributed by atoms with E-state index in [1.807, 2.05) is 23.6 Å². The van der Waals surface area contributed by atoms with Gasteiger partial charge in [-0.25, -0.2) is 18.2 Å². The fraction of sp³-hybridized carbons (Fsp3) is 0.406. The molecule has 4 aromatic rings. The number of methoxy groups -OCH3 is 1. The van der Waals surface area contributed by atoms with Gasteiger partial charge in [-0.05, 0) is 68.6 Å². The van der Waals surface area contributed by atoms with Crippen LogP contribution in [0.25, 0.3) is 11.0 Å². The molecule has 13 heteroatoms. The Morgan fingerprint density at radius 1 is 1.16 bits per heavy atom. The molecule has 0 amide bonds. The van der Waals surface area contributed by atoms with Gasteiger partial charge in [0.25, 0.3) is 5.79 Å². The predicted octanol–water partition coefficient (Wildman–Crippen LogP) is 5.00. The van der Waals surface area contributed by atoms with Gasteiger partial charge in [0.1, 0.15) is 22.8 Å². The van der Waals surface area contributed by atoms with Crippen molar-refractivity contribution in [2.24, 2.45) is 0 Å². The van der Waals surface area contributed by atoms with E-state index in [1.165, 1.54) is 13.2 Å². The zero-order valence-electron chi connectivity index (χ0n) is 24.9. The number of para-hydroxylation sites is 1. The second-order valence-electron chi connectivity index (χ2n) is 12.0. The molecule has 0 spiro atoms. The first-order valence-electron chi connectivity index (χ1n) is 14.9. The van der Waals surface area contributed by atoms with Crippen LogP contribution in [0.2, 0.25) is 5.02 Å². The first-order valence-corrected chi connectivity index (χ1v) is 17.0. The minimum atomic E-state index is -3.17. The maximum absolute atomic E-state index is 12.5. The van der Waals surface area contributed by atoms with Gasteiger partial charge in [-0.15, -0.1) is 0 Å². The van der Waals surface area contributed by atoms with Gasteiger partial charge in [-0.2, -0.15) is 0 Å². The van der Waals surface area contributed by atoms with Crippen LogP contribution in [-0.4, -0.2) is 70.1 Å². The van der Waals surface area contributed by atoms with Crippen molar-refractivity contribution in [3.8, 4) is 17.2 Å². The van der Waals surface area contributed by atoms with E-state index in [9.17, 15) is 18.3 Å². The van der Waals surface area contributed by atoms with Crippen molar-refractivity contribution < 1.29 is 32.5 Å². The van der Waals surface area contributed by atoms with Crippen molar-refractivity contribution in [2.45, 2.75) is 56.2 Å². The first kappa shape index (κ1) is 29.8. The average Bonchev–Trinajstić information content (AvgIpc) is 3.56. The van der Waals surface area contributed by atoms with E-state index in [1.54, 1.807) is 24.4 Å². The van der Waals surface area contributed by atoms with E-state index >= 15 is 0 Å². The number of pyridine rings is 1. The normalized spacial score (nSPS) is 22.8. The summed E-state index contributed by atoms with van der Waals surface area (Å²) in [5.41, 5.74) is 2.88. The van der Waals surface area contributed by atoms with Crippen LogP contribution in [0.5, 0.6) is 17.2 Å². The molecule has 0 saturated carbocycles. The van der Waals surface area contributed by atoms with E-state index in [0.717, 1.165) is 37.2 Å². The molecule has 0 unspecified atom stereocenters. The largest absolute Gasteiger partial charge is 0.494 e. The number of halogens is 1. The Labute approximate surface area is 265 Å². The number of ether oxygens (including phenoxy) is 3. The maximum Gasteiger partial charge on any atom is 0.335 e. The molecule has 2 atom stereocenters. The molecule has 2 aromatic heterocycles. The number of aromatic carboxylic acids is 1. The van der Waals surface area contributed by atoms with E-state index in [4.69, 9.17) is 30.8 Å². The molecule has 5 heterocycles. The molecule has 11 nitrogen and oxygen atoms in total. The van der Waals surface area contributed by atoms with Gasteiger partial charge in [0.15, 0.2) is 21.3 Å². The molecule has 236 valence electrons. The zero-order chi connectivity index (χ0) is 31.5. The van der Waals surface area contributed by atoms with Crippen LogP contribution in [0.15, 0.2) is 48.7 Å². The van der Waals surface area contributed by atoms with Gasteiger partial charge < -0.3 is 23.9 Å². The fourth-order valence-corrected chi connectivity index (χ4v) is 7.99. The Bertz CT molecular complexity index is 1900. The predicted molar refractivity (Wildman–Crippen MR) is 167 cm³/mol. The van der Waals surface area contributed by atoms with Gasteiger partial charge in [0.2, 0.25) is 0 Å². The minimum absolute atomic E-state index is 0.0638. The van der Waals surface area contributed by atoms with Crippen molar-refractivity contribution >= 4 is 38.4 Å². The highest BCUT2D eigenvalue weighted by Crippen LogP contribution is 2.49. The molecule has 0 bridgehead atoms. The van der Waals surface area contributed by atoms with Crippen molar-refractivity contribution in [3.63, 3.8) is 0 Å². The van der Waals surface area contributed by atoms with Crippen LogP contribution in [0.4, 0.5) is 0 Å². The van der Waals surface area contributed by atoms with Gasteiger partial charge >= 0.3 is 5.97 Å². The number of fused-ring (bicyclic) bond motifs is 2. The molecule has 2 fully saturated rings. The lowest BCUT2D eigenvalue weighted by atomic mass is 9.88. The zero-order valence-corrected chi connectivity index (χ0v) is 26.5. The Hall–Kier alpha value is -3.87. The van der Waals surface area contributed by atoms with E-state index in [0.29, 0.717) is 52.0 Å². The van der Waals surface area contributed by atoms with Crippen LogP contribution >= 0.6 is 11.6 Å². The summed E-state index contributed by atoms with van der Waals surface area (Å²) in [5, 5.41) is 9.73. The first-order chi connectivity index (χ1) is 21.5. The van der Waals surface area contributed by atoms with Crippen molar-refractivity contribution in [3.05, 3.63) is 76.3 Å². The summed E-state index contributed by atoms with van der Waals surface area (Å²) >= 11 is 6.04. The second-order valence-corrected chi connectivity index (χ2v) is 14.8. The molecule has 3 aliphatic rings. The highest BCUT2D eigenvalue weighted by Gasteiger charge is 2.42. The van der Waals surface area contributed by atoms with Crippen LogP contribution < -0.4 is 14.2 Å². The average molecular weight is 653 g/mol. The fourth-order valence-electron chi connectivity index (χ4n) is 6.55. The lowest BCUT2D eigenvalue weighted by Crippen LogP contribution is -2.40. The number of piperidine rings is 1. The third-order valence-corrected chi connectivity index (χ3v) is 11.6. The Morgan fingerprint density at radius 3 is 2.60 bits per heavy atom. The number of sulfone groups is 1. The molecule has 2 aromatic carbocycles. The number of carboxylic acid groups (broad SMARTS) is 1. The highest BCUT2D eigenvalue weighted by atomic mass is 35.5. The minimum Gasteiger partial charge on any atom is -0.494 e. The van der Waals surface area contributed by atoms with Crippen LogP contribution in [0, 0.1) is 0 Å². The maximum atomic E-state index is 12.5. The number of carbonyl (C=O) groups is 1. The molecular weight excluding hydrogens is 620 g/mol. The number of likely N-dealkylation sites (tertiary alicyclic amines) is 1. The van der Waals surface area contributed by atoms with Crippen LogP contribution in [-0.2, 0) is 28.7 Å². The van der Waals surface area contributed by atoms with Crippen LogP contribution in [0.3, 0.4) is 0 Å². The van der Waals surface area contributed by atoms with Crippen LogP contribution in [0.1, 0.15) is 59.5 Å². The van der Waals surface area contributed by atoms with Crippen molar-refractivity contribution in [1.82, 2.24) is 19.4 Å². The van der Waals surface area contributed by atoms with E-state index in [-0.39, 0.29) is 23.8 Å². The third kappa shape index (κ3) is 5.38. The standard InChI is InChI=1S/C32H33ClN4O7S/c1-32(27-7-6-21(33)16-34-27)43-25-5-3-4-23(30(25)44-32)19-8-11-36(12-9-19)18-28-35-29-24(14-20(31(38)39)15-26(29)42-2)37(28)17-22-10-13-45(22,40)41/h3-7,14-16,19,22H,8-13,17-18H2,1-2H3,(H,38,39)/t22-,32-/m0/s1. The molecule has 1 N–H and O–H groups in total. The number of hydrogen-bond donors (Lipinski definition) is 1. The number of aromatic nitrogens is 3. The Morgan fingerprint density at radius 2 is 1.96 bits per heavy atom. The topological polar surface area (TPSA) is 133 Å². The summed E-state index contributed by atoms with van der Waals surface area (Å²) < 4.78 is 45.0. The molecule has 7 rings (SSSR count).